The zero-order chi connectivity index (χ0) is 10.8. The summed E-state index contributed by atoms with van der Waals surface area (Å²) < 4.78 is 0. The molecule has 1 fully saturated rings. The van der Waals surface area contributed by atoms with Gasteiger partial charge in [-0.2, -0.15) is 5.26 Å². The lowest BCUT2D eigenvalue weighted by atomic mass is 10.1. The first-order valence-corrected chi connectivity index (χ1v) is 4.49. The molecule has 14 heavy (non-hydrogen) atoms. The van der Waals surface area contributed by atoms with Gasteiger partial charge in [-0.05, 0) is 19.8 Å². The Morgan fingerprint density at radius 3 is 2.43 bits per heavy atom. The number of carbonyl (C=O) groups excluding carboxylic acids is 2. The van der Waals surface area contributed by atoms with Crippen molar-refractivity contribution in [2.75, 3.05) is 7.05 Å². The molecule has 0 aromatic carbocycles. The van der Waals surface area contributed by atoms with Gasteiger partial charge in [-0.1, -0.05) is 0 Å². The fraction of sp³-hybridized carbons (Fsp3) is 0.667. The van der Waals surface area contributed by atoms with Gasteiger partial charge in [0.25, 0.3) is 0 Å². The van der Waals surface area contributed by atoms with Crippen molar-refractivity contribution in [1.82, 2.24) is 10.6 Å². The molecule has 1 rings (SSSR count). The van der Waals surface area contributed by atoms with Crippen LogP contribution < -0.4 is 10.6 Å². The highest BCUT2D eigenvalue weighted by molar-refractivity contribution is 5.92. The summed E-state index contributed by atoms with van der Waals surface area (Å²) >= 11 is 0. The second kappa shape index (κ2) is 3.66. The molecule has 0 aliphatic heterocycles. The Balaban J connectivity index is 2.50. The predicted octanol–water partition coefficient (Wildman–Crippen LogP) is -0.459. The quantitative estimate of drug-likeness (QED) is 0.639. The number of nitrogens with zero attached hydrogens (tertiary/aromatic N) is 1. The highest BCUT2D eigenvalue weighted by Crippen LogP contribution is 2.45. The molecule has 1 unspecified atom stereocenters. The van der Waals surface area contributed by atoms with Crippen LogP contribution in [0.4, 0.5) is 0 Å². The summed E-state index contributed by atoms with van der Waals surface area (Å²) in [6.45, 7) is 1.59. The third-order valence-corrected chi connectivity index (χ3v) is 2.39. The number of amides is 2. The van der Waals surface area contributed by atoms with Crippen LogP contribution in [0.15, 0.2) is 0 Å². The van der Waals surface area contributed by atoms with E-state index in [9.17, 15) is 9.59 Å². The molecule has 1 saturated carbocycles. The van der Waals surface area contributed by atoms with E-state index in [1.165, 1.54) is 7.05 Å². The maximum atomic E-state index is 11.5. The van der Waals surface area contributed by atoms with E-state index < -0.39 is 11.5 Å². The first-order valence-electron chi connectivity index (χ1n) is 4.49. The van der Waals surface area contributed by atoms with Crippen molar-refractivity contribution in [3.63, 3.8) is 0 Å². The minimum atomic E-state index is -0.859. The molecule has 0 bridgehead atoms. The van der Waals surface area contributed by atoms with Gasteiger partial charge in [0.15, 0.2) is 0 Å². The SMILES string of the molecule is CNC(=O)C(C)NC(=O)C1(C#N)CC1. The fourth-order valence-electron chi connectivity index (χ4n) is 1.13. The molecule has 5 nitrogen and oxygen atoms in total. The summed E-state index contributed by atoms with van der Waals surface area (Å²) in [6, 6.07) is 1.39. The standard InChI is InChI=1S/C9H13N3O2/c1-6(7(13)11-2)12-8(14)9(5-10)3-4-9/h6H,3-4H2,1-2H3,(H,11,13)(H,12,14). The van der Waals surface area contributed by atoms with Crippen LogP contribution in [-0.4, -0.2) is 24.9 Å². The van der Waals surface area contributed by atoms with Gasteiger partial charge in [0, 0.05) is 7.05 Å². The molecule has 0 aromatic heterocycles. The molecule has 1 atom stereocenters. The summed E-state index contributed by atoms with van der Waals surface area (Å²) in [5, 5.41) is 13.7. The number of rotatable bonds is 3. The largest absolute Gasteiger partial charge is 0.357 e. The smallest absolute Gasteiger partial charge is 0.242 e. The minimum Gasteiger partial charge on any atom is -0.357 e. The van der Waals surface area contributed by atoms with E-state index in [1.54, 1.807) is 6.92 Å². The van der Waals surface area contributed by atoms with Crippen molar-refractivity contribution in [3.05, 3.63) is 0 Å². The average Bonchev–Trinajstić information content (AvgIpc) is 2.96. The van der Waals surface area contributed by atoms with E-state index >= 15 is 0 Å². The van der Waals surface area contributed by atoms with Crippen molar-refractivity contribution >= 4 is 11.8 Å². The third kappa shape index (κ3) is 1.84. The Morgan fingerprint density at radius 2 is 2.07 bits per heavy atom. The number of nitrogens with one attached hydrogen (secondary N) is 2. The van der Waals surface area contributed by atoms with E-state index in [0.29, 0.717) is 12.8 Å². The number of likely N-dealkylation sites (N-methyl/N-ethyl adjacent to an activating group) is 1. The van der Waals surface area contributed by atoms with E-state index in [0.717, 1.165) is 0 Å². The monoisotopic (exact) mass is 195 g/mol. The average molecular weight is 195 g/mol. The number of hydrogen-bond acceptors (Lipinski definition) is 3. The predicted molar refractivity (Wildman–Crippen MR) is 49.0 cm³/mol. The minimum absolute atomic E-state index is 0.257. The van der Waals surface area contributed by atoms with E-state index in [-0.39, 0.29) is 11.8 Å². The van der Waals surface area contributed by atoms with Crippen LogP contribution in [0.2, 0.25) is 0 Å². The van der Waals surface area contributed by atoms with E-state index in [1.807, 2.05) is 6.07 Å². The lowest BCUT2D eigenvalue weighted by molar-refractivity contribution is -0.130. The first-order chi connectivity index (χ1) is 6.55. The highest BCUT2D eigenvalue weighted by atomic mass is 16.2. The lowest BCUT2D eigenvalue weighted by Crippen LogP contribution is -2.46. The molecule has 2 amide bonds. The van der Waals surface area contributed by atoms with Crippen LogP contribution in [0.5, 0.6) is 0 Å². The van der Waals surface area contributed by atoms with Gasteiger partial charge in [-0.25, -0.2) is 0 Å². The molecule has 5 heteroatoms. The first kappa shape index (κ1) is 10.5. The van der Waals surface area contributed by atoms with E-state index in [2.05, 4.69) is 10.6 Å². The summed E-state index contributed by atoms with van der Waals surface area (Å²) in [4.78, 5) is 22.5. The highest BCUT2D eigenvalue weighted by Gasteiger charge is 2.51. The molecule has 0 spiro atoms. The van der Waals surface area contributed by atoms with Crippen LogP contribution in [0.25, 0.3) is 0 Å². The number of hydrogen-bond donors (Lipinski definition) is 2. The second-order valence-corrected chi connectivity index (χ2v) is 3.50. The van der Waals surface area contributed by atoms with Gasteiger partial charge in [-0.15, -0.1) is 0 Å². The summed E-state index contributed by atoms with van der Waals surface area (Å²) in [6.07, 6.45) is 1.19. The Labute approximate surface area is 82.5 Å². The fourth-order valence-corrected chi connectivity index (χ4v) is 1.13. The van der Waals surface area contributed by atoms with Crippen molar-refractivity contribution < 1.29 is 9.59 Å². The maximum absolute atomic E-state index is 11.5. The van der Waals surface area contributed by atoms with Crippen molar-refractivity contribution in [2.45, 2.75) is 25.8 Å². The second-order valence-electron chi connectivity index (χ2n) is 3.50. The molecule has 2 N–H and O–H groups in total. The van der Waals surface area contributed by atoms with Gasteiger partial charge in [-0.3, -0.25) is 9.59 Å². The van der Waals surface area contributed by atoms with Gasteiger partial charge in [0.2, 0.25) is 11.8 Å². The molecule has 1 aliphatic rings. The van der Waals surface area contributed by atoms with Crippen LogP contribution >= 0.6 is 0 Å². The Kier molecular flexibility index (Phi) is 2.75. The van der Waals surface area contributed by atoms with Crippen molar-refractivity contribution in [1.29, 1.82) is 5.26 Å². The van der Waals surface area contributed by atoms with E-state index in [4.69, 9.17) is 5.26 Å². The molecular formula is C9H13N3O2. The summed E-state index contributed by atoms with van der Waals surface area (Å²) in [5.41, 5.74) is -0.859. The molecule has 1 aliphatic carbocycles. The van der Waals surface area contributed by atoms with Gasteiger partial charge in [0.1, 0.15) is 11.5 Å². The van der Waals surface area contributed by atoms with Gasteiger partial charge >= 0.3 is 0 Å². The topological polar surface area (TPSA) is 82.0 Å². The van der Waals surface area contributed by atoms with Crippen LogP contribution in [0.3, 0.4) is 0 Å². The molecular weight excluding hydrogens is 182 g/mol. The molecule has 0 aromatic rings. The Hall–Kier alpha value is -1.57. The maximum Gasteiger partial charge on any atom is 0.242 e. The van der Waals surface area contributed by atoms with Gasteiger partial charge in [0.05, 0.1) is 6.07 Å². The zero-order valence-corrected chi connectivity index (χ0v) is 8.26. The molecule has 76 valence electrons. The van der Waals surface area contributed by atoms with Crippen LogP contribution in [0.1, 0.15) is 19.8 Å². The Bertz CT molecular complexity index is 302. The van der Waals surface area contributed by atoms with Crippen molar-refractivity contribution in [3.8, 4) is 6.07 Å². The third-order valence-electron chi connectivity index (χ3n) is 2.39. The van der Waals surface area contributed by atoms with Crippen LogP contribution in [-0.2, 0) is 9.59 Å². The summed E-state index contributed by atoms with van der Waals surface area (Å²) in [5.74, 6) is -0.594. The molecule has 0 heterocycles. The summed E-state index contributed by atoms with van der Waals surface area (Å²) in [7, 11) is 1.50. The molecule has 0 saturated heterocycles. The van der Waals surface area contributed by atoms with Crippen molar-refractivity contribution in [2.24, 2.45) is 5.41 Å². The van der Waals surface area contributed by atoms with Gasteiger partial charge < -0.3 is 10.6 Å². The normalized spacial score (nSPS) is 18.9. The van der Waals surface area contributed by atoms with Crippen LogP contribution in [0, 0.1) is 16.7 Å². The number of carbonyl (C=O) groups is 2. The number of nitriles is 1. The zero-order valence-electron chi connectivity index (χ0n) is 8.26. The Morgan fingerprint density at radius 1 is 1.50 bits per heavy atom. The molecule has 0 radical (unpaired) electrons. The lowest BCUT2D eigenvalue weighted by Gasteiger charge is -2.13.